The first kappa shape index (κ1) is 26.1. The van der Waals surface area contributed by atoms with Gasteiger partial charge in [0.15, 0.2) is 0 Å². The number of hydrogen-bond acceptors (Lipinski definition) is 4. The van der Waals surface area contributed by atoms with Crippen molar-refractivity contribution in [3.8, 4) is 0 Å². The molecule has 6 heteroatoms. The zero-order valence-electron chi connectivity index (χ0n) is 18.6. The summed E-state index contributed by atoms with van der Waals surface area (Å²) in [6.07, 6.45) is 20.8. The average Bonchev–Trinajstić information content (AvgIpc) is 2.67. The van der Waals surface area contributed by atoms with Crippen molar-refractivity contribution in [1.29, 1.82) is 0 Å². The second-order valence-electron chi connectivity index (χ2n) is 8.77. The second-order valence-corrected chi connectivity index (χ2v) is 10.2. The Labute approximate surface area is 174 Å². The van der Waals surface area contributed by atoms with Gasteiger partial charge in [0.05, 0.1) is 13.2 Å². The van der Waals surface area contributed by atoms with E-state index in [1.165, 1.54) is 83.5 Å². The summed E-state index contributed by atoms with van der Waals surface area (Å²) in [6.45, 7) is 1.40. The third kappa shape index (κ3) is 15.9. The highest BCUT2D eigenvalue weighted by Crippen LogP contribution is 2.43. The molecule has 1 unspecified atom stereocenters. The lowest BCUT2D eigenvalue weighted by atomic mass is 9.85. The maximum absolute atomic E-state index is 11.7. The molecule has 1 atom stereocenters. The molecule has 0 spiro atoms. The summed E-state index contributed by atoms with van der Waals surface area (Å²) in [7, 11) is 0.0723. The summed E-state index contributed by atoms with van der Waals surface area (Å²) in [5.41, 5.74) is 0. The van der Waals surface area contributed by atoms with Crippen LogP contribution < -0.4 is 0 Å². The summed E-state index contributed by atoms with van der Waals surface area (Å²) in [6, 6.07) is 0. The molecule has 1 fully saturated rings. The molecular formula is C22H46NO4P. The van der Waals surface area contributed by atoms with E-state index in [9.17, 15) is 9.46 Å². The Morgan fingerprint density at radius 2 is 1.29 bits per heavy atom. The van der Waals surface area contributed by atoms with Gasteiger partial charge in [-0.1, -0.05) is 89.9 Å². The molecule has 0 bridgehead atoms. The number of phosphoric acid groups is 1. The van der Waals surface area contributed by atoms with Gasteiger partial charge in [-0.3, -0.25) is 9.05 Å². The molecule has 5 nitrogen and oxygen atoms in total. The van der Waals surface area contributed by atoms with E-state index in [4.69, 9.17) is 9.05 Å². The summed E-state index contributed by atoms with van der Waals surface area (Å²) >= 11 is 0. The fraction of sp³-hybridized carbons (Fsp3) is 1.00. The molecule has 0 radical (unpaired) electrons. The van der Waals surface area contributed by atoms with Crippen molar-refractivity contribution in [2.45, 2.75) is 103 Å². The summed E-state index contributed by atoms with van der Waals surface area (Å²) in [4.78, 5) is 11.6. The Hall–Kier alpha value is 0.0700. The average molecular weight is 420 g/mol. The van der Waals surface area contributed by atoms with Gasteiger partial charge in [0, 0.05) is 0 Å². The summed E-state index contributed by atoms with van der Waals surface area (Å²) in [5, 5.41) is 0. The minimum absolute atomic E-state index is 0.257. The summed E-state index contributed by atoms with van der Waals surface area (Å²) < 4.78 is 21.7. The number of hydrogen-bond donors (Lipinski definition) is 1. The van der Waals surface area contributed by atoms with E-state index in [2.05, 4.69) is 0 Å². The monoisotopic (exact) mass is 419 g/mol. The van der Waals surface area contributed by atoms with Gasteiger partial charge in [-0.25, -0.2) is 4.57 Å². The number of phosphoric ester groups is 1. The van der Waals surface area contributed by atoms with E-state index >= 15 is 0 Å². The fourth-order valence-corrected chi connectivity index (χ4v) is 4.82. The van der Waals surface area contributed by atoms with Crippen LogP contribution in [0.2, 0.25) is 0 Å². The lowest BCUT2D eigenvalue weighted by Gasteiger charge is -2.21. The number of unbranched alkanes of at least 4 members (excludes halogenated alkanes) is 8. The second kappa shape index (κ2) is 16.8. The molecule has 0 aromatic carbocycles. The Bertz CT molecular complexity index is 400. The molecule has 0 saturated heterocycles. The van der Waals surface area contributed by atoms with Crippen molar-refractivity contribution in [2.24, 2.45) is 5.92 Å². The molecule has 28 heavy (non-hydrogen) atoms. The van der Waals surface area contributed by atoms with Gasteiger partial charge in [-0.05, 0) is 39.4 Å². The van der Waals surface area contributed by atoms with Crippen molar-refractivity contribution in [3.05, 3.63) is 0 Å². The van der Waals surface area contributed by atoms with Crippen LogP contribution in [0.5, 0.6) is 0 Å². The molecule has 0 amide bonds. The molecule has 168 valence electrons. The minimum atomic E-state index is -3.86. The molecule has 1 saturated carbocycles. The largest absolute Gasteiger partial charge is 0.472 e. The van der Waals surface area contributed by atoms with Crippen molar-refractivity contribution < 1.29 is 18.5 Å². The van der Waals surface area contributed by atoms with Gasteiger partial charge >= 0.3 is 7.82 Å². The maximum atomic E-state index is 11.7. The van der Waals surface area contributed by atoms with Crippen LogP contribution in [-0.2, 0) is 13.6 Å². The Morgan fingerprint density at radius 1 is 0.786 bits per heavy atom. The molecule has 1 aliphatic rings. The Kier molecular flexibility index (Phi) is 15.7. The van der Waals surface area contributed by atoms with Crippen LogP contribution in [0.15, 0.2) is 0 Å². The highest BCUT2D eigenvalue weighted by Gasteiger charge is 2.20. The first-order chi connectivity index (χ1) is 13.5. The van der Waals surface area contributed by atoms with Crippen molar-refractivity contribution >= 4 is 7.82 Å². The quantitative estimate of drug-likeness (QED) is 0.201. The van der Waals surface area contributed by atoms with E-state index in [0.29, 0.717) is 6.61 Å². The maximum Gasteiger partial charge on any atom is 0.472 e. The molecule has 0 heterocycles. The third-order valence-corrected chi connectivity index (χ3v) is 6.76. The standard InChI is InChI=1S/C22H46NO4P/c1-23(2)19-15-21-27-28(24,25)26-20-14-9-7-5-3-4-6-8-11-16-22-17-12-10-13-18-22/h22H,3-21H2,1-2H3,(H,24,25). The number of rotatable bonds is 18. The molecule has 0 aromatic rings. The SMILES string of the molecule is CN(C)CCCOP(=O)(O)OCCCCCCCCCCCC1CCCCC1. The van der Waals surface area contributed by atoms with E-state index in [-0.39, 0.29) is 6.61 Å². The van der Waals surface area contributed by atoms with Gasteiger partial charge in [0.25, 0.3) is 0 Å². The van der Waals surface area contributed by atoms with Gasteiger partial charge < -0.3 is 9.79 Å². The Morgan fingerprint density at radius 3 is 1.86 bits per heavy atom. The zero-order valence-corrected chi connectivity index (χ0v) is 19.5. The zero-order chi connectivity index (χ0) is 20.5. The number of nitrogens with zero attached hydrogens (tertiary/aromatic N) is 1. The highest BCUT2D eigenvalue weighted by molar-refractivity contribution is 7.47. The van der Waals surface area contributed by atoms with Crippen molar-refractivity contribution in [2.75, 3.05) is 33.9 Å². The first-order valence-corrected chi connectivity index (χ1v) is 13.3. The van der Waals surface area contributed by atoms with Crippen LogP contribution in [0, 0.1) is 5.92 Å². The highest BCUT2D eigenvalue weighted by atomic mass is 31.2. The van der Waals surface area contributed by atoms with Crippen LogP contribution in [-0.4, -0.2) is 43.6 Å². The predicted molar refractivity (Wildman–Crippen MR) is 118 cm³/mol. The van der Waals surface area contributed by atoms with Gasteiger partial charge in [-0.2, -0.15) is 0 Å². The van der Waals surface area contributed by atoms with Crippen LogP contribution in [0.25, 0.3) is 0 Å². The molecule has 0 aromatic heterocycles. The molecule has 1 N–H and O–H groups in total. The molecular weight excluding hydrogens is 373 g/mol. The van der Waals surface area contributed by atoms with Crippen LogP contribution in [0.1, 0.15) is 103 Å². The fourth-order valence-electron chi connectivity index (χ4n) is 4.03. The third-order valence-electron chi connectivity index (χ3n) is 5.74. The minimum Gasteiger partial charge on any atom is -0.309 e. The van der Waals surface area contributed by atoms with Gasteiger partial charge in [-0.15, -0.1) is 0 Å². The molecule has 1 rings (SSSR count). The lowest BCUT2D eigenvalue weighted by molar-refractivity contribution is 0.143. The lowest BCUT2D eigenvalue weighted by Crippen LogP contribution is -2.14. The van der Waals surface area contributed by atoms with E-state index in [1.807, 2.05) is 19.0 Å². The van der Waals surface area contributed by atoms with Crippen LogP contribution in [0.3, 0.4) is 0 Å². The van der Waals surface area contributed by atoms with Crippen LogP contribution in [0.4, 0.5) is 0 Å². The summed E-state index contributed by atoms with van der Waals surface area (Å²) in [5.74, 6) is 1.04. The predicted octanol–water partition coefficient (Wildman–Crippen LogP) is 6.55. The van der Waals surface area contributed by atoms with Gasteiger partial charge in [0.2, 0.25) is 0 Å². The smallest absolute Gasteiger partial charge is 0.309 e. The first-order valence-electron chi connectivity index (χ1n) is 11.8. The topological polar surface area (TPSA) is 59.0 Å². The van der Waals surface area contributed by atoms with E-state index < -0.39 is 7.82 Å². The molecule has 1 aliphatic carbocycles. The van der Waals surface area contributed by atoms with E-state index in [1.54, 1.807) is 0 Å². The normalized spacial score (nSPS) is 17.9. The van der Waals surface area contributed by atoms with Crippen molar-refractivity contribution in [1.82, 2.24) is 4.90 Å². The Balaban J connectivity index is 1.80. The van der Waals surface area contributed by atoms with Crippen molar-refractivity contribution in [3.63, 3.8) is 0 Å². The molecule has 0 aliphatic heterocycles. The van der Waals surface area contributed by atoms with E-state index in [0.717, 1.165) is 31.7 Å². The van der Waals surface area contributed by atoms with Crippen LogP contribution >= 0.6 is 7.82 Å². The van der Waals surface area contributed by atoms with Gasteiger partial charge in [0.1, 0.15) is 0 Å².